The van der Waals surface area contributed by atoms with Crippen molar-refractivity contribution in [3.63, 3.8) is 0 Å². The molecule has 1 fully saturated rings. The lowest BCUT2D eigenvalue weighted by Crippen LogP contribution is -1.74. The van der Waals surface area contributed by atoms with Crippen LogP contribution in [0.25, 0.3) is 0 Å². The van der Waals surface area contributed by atoms with Gasteiger partial charge in [0.1, 0.15) is 0 Å². The van der Waals surface area contributed by atoms with Gasteiger partial charge in [-0.25, -0.2) is 0 Å². The smallest absolute Gasteiger partial charge is 0.0255 e. The Bertz CT molecular complexity index is 141. The summed E-state index contributed by atoms with van der Waals surface area (Å²) >= 11 is 0. The molecule has 1 aliphatic rings. The van der Waals surface area contributed by atoms with Gasteiger partial charge in [-0.15, -0.1) is 0 Å². The first-order valence-corrected chi connectivity index (χ1v) is 3.49. The van der Waals surface area contributed by atoms with Crippen LogP contribution in [0.3, 0.4) is 0 Å². The molecule has 0 unspecified atom stereocenters. The summed E-state index contributed by atoms with van der Waals surface area (Å²) in [5, 5.41) is 0. The number of aliphatic imine (C=N–C) groups is 1. The maximum Gasteiger partial charge on any atom is 0.0255 e. The molecule has 0 spiro atoms. The molecular formula is C8H13N. The van der Waals surface area contributed by atoms with E-state index in [0.29, 0.717) is 0 Å². The van der Waals surface area contributed by atoms with Crippen molar-refractivity contribution in [3.05, 3.63) is 11.8 Å². The molecule has 1 heteroatoms. The van der Waals surface area contributed by atoms with Gasteiger partial charge in [-0.05, 0) is 32.6 Å². The van der Waals surface area contributed by atoms with Gasteiger partial charge >= 0.3 is 0 Å². The lowest BCUT2D eigenvalue weighted by Gasteiger charge is -1.89. The number of hydrogen-bond acceptors (Lipinski definition) is 1. The zero-order valence-electron chi connectivity index (χ0n) is 6.09. The van der Waals surface area contributed by atoms with E-state index < -0.39 is 0 Å². The molecule has 1 saturated carbocycles. The second kappa shape index (κ2) is 2.81. The molecule has 9 heavy (non-hydrogen) atoms. The van der Waals surface area contributed by atoms with Gasteiger partial charge in [0.25, 0.3) is 0 Å². The predicted molar refractivity (Wildman–Crippen MR) is 40.6 cm³/mol. The van der Waals surface area contributed by atoms with E-state index in [1.165, 1.54) is 18.4 Å². The Morgan fingerprint density at radius 2 is 2.22 bits per heavy atom. The summed E-state index contributed by atoms with van der Waals surface area (Å²) in [7, 11) is 0. The van der Waals surface area contributed by atoms with Gasteiger partial charge in [0, 0.05) is 12.4 Å². The minimum atomic E-state index is 0.869. The molecule has 0 aromatic rings. The fourth-order valence-electron chi connectivity index (χ4n) is 0.836. The molecule has 1 rings (SSSR count). The topological polar surface area (TPSA) is 12.4 Å². The molecule has 0 amide bonds. The van der Waals surface area contributed by atoms with Gasteiger partial charge in [0.05, 0.1) is 0 Å². The van der Waals surface area contributed by atoms with E-state index in [-0.39, 0.29) is 0 Å². The van der Waals surface area contributed by atoms with Crippen LogP contribution in [0, 0.1) is 5.92 Å². The highest BCUT2D eigenvalue weighted by Gasteiger charge is 2.22. The molecule has 0 aromatic carbocycles. The van der Waals surface area contributed by atoms with Crippen molar-refractivity contribution in [2.24, 2.45) is 10.9 Å². The molecule has 0 atom stereocenters. The monoisotopic (exact) mass is 123 g/mol. The molecule has 0 aliphatic heterocycles. The van der Waals surface area contributed by atoms with Crippen LogP contribution in [0.15, 0.2) is 16.8 Å². The van der Waals surface area contributed by atoms with Crippen LogP contribution in [0.1, 0.15) is 26.7 Å². The summed E-state index contributed by atoms with van der Waals surface area (Å²) in [6.45, 7) is 4.10. The van der Waals surface area contributed by atoms with E-state index in [2.05, 4.69) is 11.9 Å². The van der Waals surface area contributed by atoms with Crippen LogP contribution in [0.5, 0.6) is 0 Å². The Labute approximate surface area is 56.5 Å². The summed E-state index contributed by atoms with van der Waals surface area (Å²) in [4.78, 5) is 4.05. The van der Waals surface area contributed by atoms with E-state index in [4.69, 9.17) is 0 Å². The number of rotatable bonds is 2. The first kappa shape index (κ1) is 6.53. The summed E-state index contributed by atoms with van der Waals surface area (Å²) < 4.78 is 0. The van der Waals surface area contributed by atoms with E-state index >= 15 is 0 Å². The van der Waals surface area contributed by atoms with Gasteiger partial charge in [-0.2, -0.15) is 0 Å². The largest absolute Gasteiger partial charge is 0.269 e. The third-order valence-electron chi connectivity index (χ3n) is 1.65. The zero-order valence-corrected chi connectivity index (χ0v) is 6.09. The molecule has 0 aromatic heterocycles. The highest BCUT2D eigenvalue weighted by Crippen LogP contribution is 2.35. The van der Waals surface area contributed by atoms with Gasteiger partial charge in [0.2, 0.25) is 0 Å². The normalized spacial score (nSPS) is 21.3. The van der Waals surface area contributed by atoms with Crippen molar-refractivity contribution < 1.29 is 0 Å². The van der Waals surface area contributed by atoms with Gasteiger partial charge in [0.15, 0.2) is 0 Å². The lowest BCUT2D eigenvalue weighted by molar-refractivity contribution is 0.997. The highest BCUT2D eigenvalue weighted by atomic mass is 14.7. The summed E-state index contributed by atoms with van der Waals surface area (Å²) in [5.74, 6) is 0.869. The molecule has 0 N–H and O–H groups in total. The van der Waals surface area contributed by atoms with E-state index in [0.717, 1.165) is 5.92 Å². The number of allylic oxidation sites excluding steroid dienone is 1. The summed E-state index contributed by atoms with van der Waals surface area (Å²) in [6, 6.07) is 0. The van der Waals surface area contributed by atoms with E-state index in [1.54, 1.807) is 0 Å². The molecular weight excluding hydrogens is 110 g/mol. The Morgan fingerprint density at radius 3 is 2.67 bits per heavy atom. The molecule has 0 heterocycles. The van der Waals surface area contributed by atoms with Crippen molar-refractivity contribution in [1.29, 1.82) is 0 Å². The van der Waals surface area contributed by atoms with Crippen LogP contribution in [0.4, 0.5) is 0 Å². The number of hydrogen-bond donors (Lipinski definition) is 0. The Hall–Kier alpha value is -0.590. The Kier molecular flexibility index (Phi) is 2.04. The predicted octanol–water partition coefficient (Wildman–Crippen LogP) is 2.39. The Morgan fingerprint density at radius 1 is 1.56 bits per heavy atom. The zero-order chi connectivity index (χ0) is 6.69. The molecule has 0 bridgehead atoms. The second-order valence-electron chi connectivity index (χ2n) is 2.55. The standard InChI is InChI=1S/C8H13N/c1-3-9-6-7(2)8-4-5-8/h3,6,8H,4-5H2,1-2H3/b7-6+,9-3?. The highest BCUT2D eigenvalue weighted by molar-refractivity contribution is 5.54. The average Bonchev–Trinajstić information content (AvgIpc) is 2.63. The third-order valence-corrected chi connectivity index (χ3v) is 1.65. The first-order valence-electron chi connectivity index (χ1n) is 3.49. The van der Waals surface area contributed by atoms with Crippen molar-refractivity contribution >= 4 is 6.21 Å². The maximum atomic E-state index is 4.05. The van der Waals surface area contributed by atoms with Gasteiger partial charge in [-0.1, -0.05) is 5.57 Å². The Balaban J connectivity index is 2.37. The lowest BCUT2D eigenvalue weighted by atomic mass is 10.2. The molecule has 1 aliphatic carbocycles. The van der Waals surface area contributed by atoms with Crippen LogP contribution in [-0.2, 0) is 0 Å². The SMILES string of the molecule is CC=N/C=C(\C)C1CC1. The minimum absolute atomic E-state index is 0.869. The van der Waals surface area contributed by atoms with Gasteiger partial charge < -0.3 is 0 Å². The van der Waals surface area contributed by atoms with Crippen molar-refractivity contribution in [3.8, 4) is 0 Å². The number of nitrogens with zero attached hydrogens (tertiary/aromatic N) is 1. The van der Waals surface area contributed by atoms with Crippen molar-refractivity contribution in [1.82, 2.24) is 0 Å². The van der Waals surface area contributed by atoms with Crippen molar-refractivity contribution in [2.75, 3.05) is 0 Å². The van der Waals surface area contributed by atoms with Gasteiger partial charge in [-0.3, -0.25) is 4.99 Å². The van der Waals surface area contributed by atoms with E-state index in [9.17, 15) is 0 Å². The molecule has 0 saturated heterocycles. The fraction of sp³-hybridized carbons (Fsp3) is 0.625. The van der Waals surface area contributed by atoms with Crippen LogP contribution < -0.4 is 0 Å². The van der Waals surface area contributed by atoms with Crippen LogP contribution in [-0.4, -0.2) is 6.21 Å². The molecule has 1 nitrogen and oxygen atoms in total. The second-order valence-corrected chi connectivity index (χ2v) is 2.55. The third kappa shape index (κ3) is 2.00. The average molecular weight is 123 g/mol. The summed E-state index contributed by atoms with van der Waals surface area (Å²) in [5.41, 5.74) is 1.44. The minimum Gasteiger partial charge on any atom is -0.269 e. The van der Waals surface area contributed by atoms with Crippen LogP contribution in [0.2, 0.25) is 0 Å². The molecule has 50 valence electrons. The first-order chi connectivity index (χ1) is 4.34. The van der Waals surface area contributed by atoms with Crippen LogP contribution >= 0.6 is 0 Å². The van der Waals surface area contributed by atoms with E-state index in [1.807, 2.05) is 19.3 Å². The summed E-state index contributed by atoms with van der Waals surface area (Å²) in [6.07, 6.45) is 6.55. The van der Waals surface area contributed by atoms with Crippen molar-refractivity contribution in [2.45, 2.75) is 26.7 Å². The molecule has 0 radical (unpaired) electrons. The fourth-order valence-corrected chi connectivity index (χ4v) is 0.836. The quantitative estimate of drug-likeness (QED) is 0.500. The maximum absolute atomic E-state index is 4.05.